The first-order chi connectivity index (χ1) is 8.70. The first kappa shape index (κ1) is 11.7. The average molecular weight is 242 g/mol. The highest BCUT2D eigenvalue weighted by molar-refractivity contribution is 5.88. The van der Waals surface area contributed by atoms with Crippen LogP contribution in [0.1, 0.15) is 21.7 Å². The fourth-order valence-corrected chi connectivity index (χ4v) is 1.55. The third-order valence-electron chi connectivity index (χ3n) is 2.42. The number of anilines is 1. The molecular weight excluding hydrogens is 232 g/mol. The number of rotatable bonds is 4. The summed E-state index contributed by atoms with van der Waals surface area (Å²) in [4.78, 5) is 10.9. The van der Waals surface area contributed by atoms with Gasteiger partial charge in [-0.3, -0.25) is 0 Å². The molecule has 0 atom stereocenters. The molecule has 1 aromatic carbocycles. The Morgan fingerprint density at radius 2 is 2.28 bits per heavy atom. The van der Waals surface area contributed by atoms with Crippen molar-refractivity contribution in [3.8, 4) is 6.07 Å². The molecule has 1 heterocycles. The quantitative estimate of drug-likeness (QED) is 0.860. The fourth-order valence-electron chi connectivity index (χ4n) is 1.55. The molecule has 0 saturated heterocycles. The molecule has 0 unspecified atom stereocenters. The van der Waals surface area contributed by atoms with Crippen LogP contribution in [0.5, 0.6) is 0 Å². The maximum atomic E-state index is 10.9. The molecule has 0 aliphatic rings. The predicted octanol–water partition coefficient (Wildman–Crippen LogP) is 2.46. The lowest BCUT2D eigenvalue weighted by Crippen LogP contribution is -2.04. The lowest BCUT2D eigenvalue weighted by molar-refractivity contribution is 0.0694. The van der Waals surface area contributed by atoms with Crippen molar-refractivity contribution in [2.24, 2.45) is 0 Å². The summed E-state index contributed by atoms with van der Waals surface area (Å²) in [5.74, 6) is -0.670. The summed E-state index contributed by atoms with van der Waals surface area (Å²) >= 11 is 0. The minimum absolute atomic E-state index is 0.138. The normalized spacial score (nSPS) is 9.72. The summed E-state index contributed by atoms with van der Waals surface area (Å²) in [6.45, 7) is 0.253. The number of furan rings is 1. The summed E-state index contributed by atoms with van der Waals surface area (Å²) in [6.07, 6.45) is 1.34. The van der Waals surface area contributed by atoms with E-state index in [2.05, 4.69) is 5.32 Å². The van der Waals surface area contributed by atoms with E-state index in [9.17, 15) is 4.79 Å². The zero-order valence-electron chi connectivity index (χ0n) is 9.38. The van der Waals surface area contributed by atoms with Crippen LogP contribution in [0.25, 0.3) is 0 Å². The third kappa shape index (κ3) is 2.50. The Balaban J connectivity index is 2.09. The van der Waals surface area contributed by atoms with E-state index in [-0.39, 0.29) is 12.1 Å². The largest absolute Gasteiger partial charge is 0.478 e. The van der Waals surface area contributed by atoms with E-state index >= 15 is 0 Å². The van der Waals surface area contributed by atoms with Gasteiger partial charge in [0.1, 0.15) is 11.3 Å². The number of hydrogen-bond donors (Lipinski definition) is 2. The molecule has 0 aliphatic heterocycles. The molecule has 90 valence electrons. The molecule has 5 heteroatoms. The molecule has 2 N–H and O–H groups in total. The van der Waals surface area contributed by atoms with E-state index in [0.29, 0.717) is 11.3 Å². The number of aromatic carboxylic acids is 1. The second kappa shape index (κ2) is 5.06. The predicted molar refractivity (Wildman–Crippen MR) is 64.2 cm³/mol. The SMILES string of the molecule is N#Cc1cccc(NCc2occc2C(=O)O)c1. The lowest BCUT2D eigenvalue weighted by atomic mass is 10.2. The van der Waals surface area contributed by atoms with Crippen molar-refractivity contribution in [1.29, 1.82) is 5.26 Å². The fraction of sp³-hybridized carbons (Fsp3) is 0.0769. The number of carbonyl (C=O) groups is 1. The zero-order chi connectivity index (χ0) is 13.0. The molecule has 1 aromatic heterocycles. The maximum absolute atomic E-state index is 10.9. The minimum atomic E-state index is -1.02. The van der Waals surface area contributed by atoms with Gasteiger partial charge in [0.2, 0.25) is 0 Å². The van der Waals surface area contributed by atoms with Crippen molar-refractivity contribution in [3.05, 3.63) is 53.5 Å². The summed E-state index contributed by atoms with van der Waals surface area (Å²) in [5, 5.41) is 20.7. The van der Waals surface area contributed by atoms with E-state index < -0.39 is 5.97 Å². The Morgan fingerprint density at radius 1 is 1.44 bits per heavy atom. The van der Waals surface area contributed by atoms with Gasteiger partial charge in [-0.1, -0.05) is 6.07 Å². The molecule has 0 bridgehead atoms. The zero-order valence-corrected chi connectivity index (χ0v) is 9.38. The highest BCUT2D eigenvalue weighted by Crippen LogP contribution is 2.15. The van der Waals surface area contributed by atoms with Gasteiger partial charge in [0.25, 0.3) is 0 Å². The smallest absolute Gasteiger partial charge is 0.339 e. The van der Waals surface area contributed by atoms with Gasteiger partial charge in [-0.05, 0) is 24.3 Å². The Kier molecular flexibility index (Phi) is 3.30. The van der Waals surface area contributed by atoms with Crippen molar-refractivity contribution in [1.82, 2.24) is 0 Å². The van der Waals surface area contributed by atoms with Gasteiger partial charge in [-0.25, -0.2) is 4.79 Å². The number of carboxylic acid groups (broad SMARTS) is 1. The first-order valence-corrected chi connectivity index (χ1v) is 5.24. The number of nitrogens with zero attached hydrogens (tertiary/aromatic N) is 1. The molecule has 0 fully saturated rings. The van der Waals surface area contributed by atoms with E-state index in [0.717, 1.165) is 5.69 Å². The highest BCUT2D eigenvalue weighted by Gasteiger charge is 2.12. The summed E-state index contributed by atoms with van der Waals surface area (Å²) < 4.78 is 5.10. The number of nitriles is 1. The number of carboxylic acids is 1. The van der Waals surface area contributed by atoms with Gasteiger partial charge >= 0.3 is 5.97 Å². The van der Waals surface area contributed by atoms with Crippen LogP contribution in [0.2, 0.25) is 0 Å². The van der Waals surface area contributed by atoms with Crippen LogP contribution in [-0.2, 0) is 6.54 Å². The molecule has 0 amide bonds. The molecule has 0 aliphatic carbocycles. The van der Waals surface area contributed by atoms with Crippen LogP contribution in [0, 0.1) is 11.3 Å². The van der Waals surface area contributed by atoms with Crippen molar-refractivity contribution in [2.45, 2.75) is 6.54 Å². The topological polar surface area (TPSA) is 86.3 Å². The molecule has 2 rings (SSSR count). The Bertz CT molecular complexity index is 611. The second-order valence-corrected chi connectivity index (χ2v) is 3.61. The van der Waals surface area contributed by atoms with Crippen LogP contribution in [-0.4, -0.2) is 11.1 Å². The van der Waals surface area contributed by atoms with Gasteiger partial charge in [0.15, 0.2) is 0 Å². The average Bonchev–Trinajstić information content (AvgIpc) is 2.85. The Hall–Kier alpha value is -2.74. The standard InChI is InChI=1S/C13H10N2O3/c14-7-9-2-1-3-10(6-9)15-8-12-11(13(16)17)4-5-18-12/h1-6,15H,8H2,(H,16,17). The van der Waals surface area contributed by atoms with Crippen LogP contribution in [0.4, 0.5) is 5.69 Å². The summed E-state index contributed by atoms with van der Waals surface area (Å²) in [5.41, 5.74) is 1.42. The van der Waals surface area contributed by atoms with Crippen molar-refractivity contribution < 1.29 is 14.3 Å². The van der Waals surface area contributed by atoms with Gasteiger partial charge in [0.05, 0.1) is 24.4 Å². The summed E-state index contributed by atoms with van der Waals surface area (Å²) in [6, 6.07) is 10.4. The second-order valence-electron chi connectivity index (χ2n) is 3.61. The van der Waals surface area contributed by atoms with E-state index in [1.54, 1.807) is 24.3 Å². The molecular formula is C13H10N2O3. The molecule has 0 saturated carbocycles. The maximum Gasteiger partial charge on any atom is 0.339 e. The van der Waals surface area contributed by atoms with Crippen LogP contribution in [0.3, 0.4) is 0 Å². The minimum Gasteiger partial charge on any atom is -0.478 e. The highest BCUT2D eigenvalue weighted by atomic mass is 16.4. The molecule has 0 radical (unpaired) electrons. The van der Waals surface area contributed by atoms with Gasteiger partial charge in [0, 0.05) is 5.69 Å². The first-order valence-electron chi connectivity index (χ1n) is 5.24. The third-order valence-corrected chi connectivity index (χ3v) is 2.42. The molecule has 2 aromatic rings. The van der Waals surface area contributed by atoms with Crippen molar-refractivity contribution in [2.75, 3.05) is 5.32 Å². The van der Waals surface area contributed by atoms with E-state index in [1.165, 1.54) is 12.3 Å². The van der Waals surface area contributed by atoms with Crippen LogP contribution in [0.15, 0.2) is 41.0 Å². The van der Waals surface area contributed by atoms with E-state index in [1.807, 2.05) is 6.07 Å². The van der Waals surface area contributed by atoms with Crippen molar-refractivity contribution >= 4 is 11.7 Å². The number of nitrogens with one attached hydrogen (secondary N) is 1. The number of hydrogen-bond acceptors (Lipinski definition) is 4. The Morgan fingerprint density at radius 3 is 3.00 bits per heavy atom. The van der Waals surface area contributed by atoms with Gasteiger partial charge in [-0.15, -0.1) is 0 Å². The summed E-state index contributed by atoms with van der Waals surface area (Å²) in [7, 11) is 0. The van der Waals surface area contributed by atoms with Gasteiger partial charge < -0.3 is 14.8 Å². The Labute approximate surface area is 103 Å². The van der Waals surface area contributed by atoms with Gasteiger partial charge in [-0.2, -0.15) is 5.26 Å². The van der Waals surface area contributed by atoms with Crippen molar-refractivity contribution in [3.63, 3.8) is 0 Å². The molecule has 5 nitrogen and oxygen atoms in total. The number of benzene rings is 1. The molecule has 18 heavy (non-hydrogen) atoms. The van der Waals surface area contributed by atoms with Crippen LogP contribution < -0.4 is 5.32 Å². The van der Waals surface area contributed by atoms with Crippen LogP contribution >= 0.6 is 0 Å². The lowest BCUT2D eigenvalue weighted by Gasteiger charge is -2.05. The molecule has 0 spiro atoms. The monoisotopic (exact) mass is 242 g/mol. The van der Waals surface area contributed by atoms with E-state index in [4.69, 9.17) is 14.8 Å².